The lowest BCUT2D eigenvalue weighted by Crippen LogP contribution is -2.52. The van der Waals surface area contributed by atoms with Crippen LogP contribution in [-0.2, 0) is 9.53 Å². The van der Waals surface area contributed by atoms with Crippen molar-refractivity contribution in [3.05, 3.63) is 0 Å². The van der Waals surface area contributed by atoms with Crippen LogP contribution in [0.5, 0.6) is 0 Å². The number of hydrogen-bond acceptors (Lipinski definition) is 2. The average molecular weight is 461 g/mol. The van der Waals surface area contributed by atoms with Crippen LogP contribution in [0.2, 0.25) is 0 Å². The van der Waals surface area contributed by atoms with Gasteiger partial charge in [0.15, 0.2) is 0 Å². The zero-order chi connectivity index (χ0) is 23.4. The number of esters is 1. The zero-order valence-electron chi connectivity index (χ0n) is 22.4. The van der Waals surface area contributed by atoms with Crippen molar-refractivity contribution in [1.82, 2.24) is 0 Å². The molecular weight excluding hydrogens is 404 g/mol. The molecule has 0 bridgehead atoms. The minimum atomic E-state index is -0.181. The van der Waals surface area contributed by atoms with E-state index in [2.05, 4.69) is 13.8 Å². The fourth-order valence-corrected chi connectivity index (χ4v) is 8.07. The van der Waals surface area contributed by atoms with E-state index in [1.165, 1.54) is 128 Å². The highest BCUT2D eigenvalue weighted by Crippen LogP contribution is 2.61. The molecule has 3 fully saturated rings. The molecule has 0 atom stereocenters. The summed E-state index contributed by atoms with van der Waals surface area (Å²) in [5, 5.41) is 0. The molecule has 0 spiro atoms. The van der Waals surface area contributed by atoms with Crippen molar-refractivity contribution < 1.29 is 9.53 Å². The SMILES string of the molecule is CCCCCCCOC(=O)C1(C2(CCCCC)CCC(C3CCCCC3)CC2)CCCCC1. The molecule has 192 valence electrons. The highest BCUT2D eigenvalue weighted by Gasteiger charge is 2.57. The summed E-state index contributed by atoms with van der Waals surface area (Å²) < 4.78 is 6.15. The minimum absolute atomic E-state index is 0.181. The maximum absolute atomic E-state index is 13.9. The highest BCUT2D eigenvalue weighted by molar-refractivity contribution is 5.78. The number of carbonyl (C=O) groups excluding carboxylic acids is 1. The lowest BCUT2D eigenvalue weighted by atomic mass is 9.49. The van der Waals surface area contributed by atoms with Crippen LogP contribution >= 0.6 is 0 Å². The molecule has 3 saturated carbocycles. The first-order valence-corrected chi connectivity index (χ1v) is 15.3. The van der Waals surface area contributed by atoms with Gasteiger partial charge in [-0.15, -0.1) is 0 Å². The summed E-state index contributed by atoms with van der Waals surface area (Å²) in [6, 6.07) is 0. The van der Waals surface area contributed by atoms with Crippen molar-refractivity contribution in [2.24, 2.45) is 22.7 Å². The Bertz CT molecular complexity index is 533. The number of carbonyl (C=O) groups is 1. The largest absolute Gasteiger partial charge is 0.465 e. The van der Waals surface area contributed by atoms with Gasteiger partial charge in [0, 0.05) is 0 Å². The van der Waals surface area contributed by atoms with Gasteiger partial charge < -0.3 is 4.74 Å². The predicted octanol–water partition coefficient (Wildman–Crippen LogP) is 9.79. The van der Waals surface area contributed by atoms with E-state index in [4.69, 9.17) is 4.74 Å². The van der Waals surface area contributed by atoms with E-state index in [-0.39, 0.29) is 16.8 Å². The summed E-state index contributed by atoms with van der Waals surface area (Å²) in [5.41, 5.74) is 0.0347. The van der Waals surface area contributed by atoms with Crippen molar-refractivity contribution in [3.63, 3.8) is 0 Å². The van der Waals surface area contributed by atoms with Gasteiger partial charge in [0.1, 0.15) is 0 Å². The molecule has 0 N–H and O–H groups in total. The van der Waals surface area contributed by atoms with Gasteiger partial charge in [-0.25, -0.2) is 0 Å². The highest BCUT2D eigenvalue weighted by atomic mass is 16.5. The van der Waals surface area contributed by atoms with E-state index in [9.17, 15) is 4.79 Å². The molecule has 0 unspecified atom stereocenters. The van der Waals surface area contributed by atoms with Crippen LogP contribution in [0.4, 0.5) is 0 Å². The summed E-state index contributed by atoms with van der Waals surface area (Å²) in [4.78, 5) is 13.9. The topological polar surface area (TPSA) is 26.3 Å². The van der Waals surface area contributed by atoms with E-state index >= 15 is 0 Å². The third-order valence-corrected chi connectivity index (χ3v) is 10.2. The second kappa shape index (κ2) is 14.1. The van der Waals surface area contributed by atoms with Gasteiger partial charge in [0.05, 0.1) is 12.0 Å². The number of rotatable bonds is 13. The lowest BCUT2D eigenvalue weighted by molar-refractivity contribution is -0.175. The van der Waals surface area contributed by atoms with Gasteiger partial charge in [-0.3, -0.25) is 4.79 Å². The van der Waals surface area contributed by atoms with Crippen LogP contribution in [0, 0.1) is 22.7 Å². The summed E-state index contributed by atoms with van der Waals surface area (Å²) in [6.07, 6.45) is 29.9. The van der Waals surface area contributed by atoms with Gasteiger partial charge in [0.25, 0.3) is 0 Å². The molecule has 0 radical (unpaired) electrons. The Morgan fingerprint density at radius 3 is 1.91 bits per heavy atom. The van der Waals surface area contributed by atoms with Crippen molar-refractivity contribution >= 4 is 5.97 Å². The van der Waals surface area contributed by atoms with Crippen molar-refractivity contribution in [2.75, 3.05) is 6.61 Å². The summed E-state index contributed by atoms with van der Waals surface area (Å²) in [7, 11) is 0. The summed E-state index contributed by atoms with van der Waals surface area (Å²) in [6.45, 7) is 5.23. The molecule has 0 saturated heterocycles. The zero-order valence-corrected chi connectivity index (χ0v) is 22.4. The molecule has 3 aliphatic carbocycles. The molecule has 0 aromatic carbocycles. The third kappa shape index (κ3) is 7.00. The molecule has 2 nitrogen and oxygen atoms in total. The lowest BCUT2D eigenvalue weighted by Gasteiger charge is -2.55. The molecule has 2 heteroatoms. The van der Waals surface area contributed by atoms with Crippen LogP contribution in [0.1, 0.15) is 162 Å². The Hall–Kier alpha value is -0.530. The van der Waals surface area contributed by atoms with Crippen molar-refractivity contribution in [2.45, 2.75) is 162 Å². The number of hydrogen-bond donors (Lipinski definition) is 0. The number of ether oxygens (including phenoxy) is 1. The van der Waals surface area contributed by atoms with Crippen LogP contribution in [0.3, 0.4) is 0 Å². The average Bonchev–Trinajstić information content (AvgIpc) is 2.87. The molecule has 33 heavy (non-hydrogen) atoms. The monoisotopic (exact) mass is 460 g/mol. The first-order chi connectivity index (χ1) is 16.2. The van der Waals surface area contributed by atoms with E-state index in [1.807, 2.05) is 0 Å². The standard InChI is InChI=1S/C31H56O2/c1-3-5-7-8-16-26-33-29(32)31(22-14-10-15-23-31)30(21-13-6-4-2)24-19-28(20-25-30)27-17-11-9-12-18-27/h27-28H,3-26H2,1-2H3. The molecule has 3 aliphatic rings. The molecule has 0 aliphatic heterocycles. The van der Waals surface area contributed by atoms with Gasteiger partial charge in [-0.2, -0.15) is 0 Å². The van der Waals surface area contributed by atoms with Gasteiger partial charge in [0.2, 0.25) is 0 Å². The third-order valence-electron chi connectivity index (χ3n) is 10.2. The van der Waals surface area contributed by atoms with E-state index in [1.54, 1.807) is 0 Å². The maximum Gasteiger partial charge on any atom is 0.312 e. The summed E-state index contributed by atoms with van der Waals surface area (Å²) in [5.74, 6) is 2.12. The molecule has 3 rings (SSSR count). The van der Waals surface area contributed by atoms with E-state index in [0.29, 0.717) is 6.61 Å². The second-order valence-electron chi connectivity index (χ2n) is 12.2. The predicted molar refractivity (Wildman–Crippen MR) is 140 cm³/mol. The second-order valence-corrected chi connectivity index (χ2v) is 12.2. The van der Waals surface area contributed by atoms with Gasteiger partial charge >= 0.3 is 5.97 Å². The summed E-state index contributed by atoms with van der Waals surface area (Å²) >= 11 is 0. The first kappa shape index (κ1) is 27.1. The van der Waals surface area contributed by atoms with Gasteiger partial charge in [-0.05, 0) is 68.6 Å². The Labute approximate surface area is 206 Å². The van der Waals surface area contributed by atoms with Crippen LogP contribution in [0.15, 0.2) is 0 Å². The Balaban J connectivity index is 1.69. The van der Waals surface area contributed by atoms with Crippen LogP contribution < -0.4 is 0 Å². The molecule has 0 amide bonds. The minimum Gasteiger partial charge on any atom is -0.465 e. The molecule has 0 aromatic heterocycles. The Kier molecular flexibility index (Phi) is 11.6. The van der Waals surface area contributed by atoms with Crippen molar-refractivity contribution in [3.8, 4) is 0 Å². The normalized spacial score (nSPS) is 28.5. The Morgan fingerprint density at radius 2 is 1.24 bits per heavy atom. The fourth-order valence-electron chi connectivity index (χ4n) is 8.07. The van der Waals surface area contributed by atoms with E-state index < -0.39 is 0 Å². The molecular formula is C31H56O2. The first-order valence-electron chi connectivity index (χ1n) is 15.3. The molecule has 0 aromatic rings. The van der Waals surface area contributed by atoms with E-state index in [0.717, 1.165) is 31.1 Å². The Morgan fingerprint density at radius 1 is 0.667 bits per heavy atom. The quantitative estimate of drug-likeness (QED) is 0.202. The van der Waals surface area contributed by atoms with Crippen LogP contribution in [0.25, 0.3) is 0 Å². The van der Waals surface area contributed by atoms with Gasteiger partial charge in [-0.1, -0.05) is 110 Å². The molecule has 0 heterocycles. The maximum atomic E-state index is 13.9. The fraction of sp³-hybridized carbons (Fsp3) is 0.968. The smallest absolute Gasteiger partial charge is 0.312 e. The number of unbranched alkanes of at least 4 members (excludes halogenated alkanes) is 6. The van der Waals surface area contributed by atoms with Crippen molar-refractivity contribution in [1.29, 1.82) is 0 Å². The van der Waals surface area contributed by atoms with Crippen LogP contribution in [-0.4, -0.2) is 12.6 Å².